The maximum Gasteiger partial charge on any atom is 1.00 e. The minimum atomic E-state index is -2.33. The van der Waals surface area contributed by atoms with Crippen molar-refractivity contribution in [3.05, 3.63) is 0 Å². The number of carbonyl (C=O) groups excluding carboxylic acids is 1. The van der Waals surface area contributed by atoms with Crippen molar-refractivity contribution >= 4 is 6.16 Å². The molecule has 0 aromatic heterocycles. The van der Waals surface area contributed by atoms with E-state index in [1.54, 1.807) is 0 Å². The fourth-order valence-electron chi connectivity index (χ4n) is 1.56. The second kappa shape index (κ2) is 26.8. The van der Waals surface area contributed by atoms with E-state index >= 15 is 0 Å². The van der Waals surface area contributed by atoms with E-state index in [0.717, 1.165) is 0 Å². The van der Waals surface area contributed by atoms with Gasteiger partial charge in [-0.2, -0.15) is 0 Å². The predicted molar refractivity (Wildman–Crippen MR) is 62.9 cm³/mol. The molecule has 0 bridgehead atoms. The average Bonchev–Trinajstić information content (AvgIpc) is 2.21. The molecule has 0 aliphatic heterocycles. The molecule has 0 aliphatic rings. The maximum atomic E-state index is 8.33. The van der Waals surface area contributed by atoms with Crippen molar-refractivity contribution in [2.45, 2.75) is 78.1 Å². The van der Waals surface area contributed by atoms with Crippen LogP contribution in [0.3, 0.4) is 0 Å². The first kappa shape index (κ1) is 27.6. The molecule has 0 fully saturated rings. The molecule has 0 aromatic carbocycles. The van der Waals surface area contributed by atoms with Crippen molar-refractivity contribution in [1.29, 1.82) is 0 Å². The van der Waals surface area contributed by atoms with Gasteiger partial charge in [-0.05, 0) is 6.16 Å². The van der Waals surface area contributed by atoms with Gasteiger partial charge in [-0.15, -0.1) is 0 Å². The largest absolute Gasteiger partial charge is 1.00 e. The van der Waals surface area contributed by atoms with Gasteiger partial charge in [0.15, 0.2) is 0 Å². The average molecular weight is 276 g/mol. The van der Waals surface area contributed by atoms with Crippen LogP contribution in [0.25, 0.3) is 0 Å². The molecule has 0 radical (unpaired) electrons. The first-order chi connectivity index (χ1) is 7.65. The Balaban J connectivity index is -0.000000143. The molecule has 0 spiro atoms. The Morgan fingerprint density at radius 1 is 0.667 bits per heavy atom. The van der Waals surface area contributed by atoms with Crippen molar-refractivity contribution in [2.24, 2.45) is 0 Å². The summed E-state index contributed by atoms with van der Waals surface area (Å²) in [5.41, 5.74) is 0. The Labute approximate surface area is 157 Å². The van der Waals surface area contributed by atoms with E-state index in [1.165, 1.54) is 64.2 Å². The van der Waals surface area contributed by atoms with E-state index in [4.69, 9.17) is 15.0 Å². The quantitative estimate of drug-likeness (QED) is 0.324. The number of carboxylic acid groups (broad SMARTS) is 2. The van der Waals surface area contributed by atoms with Crippen LogP contribution in [-0.2, 0) is 0 Å². The van der Waals surface area contributed by atoms with Crippen molar-refractivity contribution in [3.63, 3.8) is 0 Å². The monoisotopic (exact) mass is 276 g/mol. The number of rotatable bonds is 9. The van der Waals surface area contributed by atoms with Crippen molar-refractivity contribution in [3.8, 4) is 0 Å². The molecule has 5 heteroatoms. The van der Waals surface area contributed by atoms with Crippen LogP contribution in [0.15, 0.2) is 0 Å². The van der Waals surface area contributed by atoms with Crippen LogP contribution >= 0.6 is 0 Å². The van der Waals surface area contributed by atoms with E-state index < -0.39 is 6.16 Å². The molecule has 0 heterocycles. The number of unbranched alkanes of at least 4 members (excludes halogenated alkanes) is 9. The number of hydrogen-bond acceptors (Lipinski definition) is 3. The molecule has 0 rings (SSSR count). The van der Waals surface area contributed by atoms with Gasteiger partial charge >= 0.3 is 59.1 Å². The zero-order valence-corrected chi connectivity index (χ0v) is 16.8. The Morgan fingerprint density at radius 3 is 1.00 bits per heavy atom. The number of hydrogen-bond donors (Lipinski definition) is 0. The van der Waals surface area contributed by atoms with E-state index in [9.17, 15) is 0 Å². The zero-order valence-electron chi connectivity index (χ0n) is 12.8. The van der Waals surface area contributed by atoms with E-state index in [-0.39, 0.29) is 59.1 Å². The van der Waals surface area contributed by atoms with Crippen LogP contribution in [0.2, 0.25) is 0 Å². The second-order valence-corrected chi connectivity index (χ2v) is 4.08. The standard InChI is InChI=1S/C12H26.CH2O3.2Na/c1-3-5-7-9-11-12-10-8-6-4-2;2-1(3)4;;/h3-12H2,1-2H3;(H2,2,3,4);;/q;;2*+1/p-2. The summed E-state index contributed by atoms with van der Waals surface area (Å²) < 4.78 is 0. The fourth-order valence-corrected chi connectivity index (χ4v) is 1.56. The van der Waals surface area contributed by atoms with Crippen LogP contribution in [0.5, 0.6) is 0 Å². The molecule has 0 aromatic rings. The first-order valence-corrected chi connectivity index (χ1v) is 6.53. The number of carbonyl (C=O) groups is 1. The van der Waals surface area contributed by atoms with Crippen molar-refractivity contribution < 1.29 is 74.1 Å². The Hall–Kier alpha value is 1.27. The zero-order chi connectivity index (χ0) is 12.6. The molecule has 0 aliphatic carbocycles. The molecular formula is C13H26Na2O3. The van der Waals surface area contributed by atoms with Crippen LogP contribution in [0.4, 0.5) is 4.79 Å². The van der Waals surface area contributed by atoms with Gasteiger partial charge in [-0.3, -0.25) is 0 Å². The molecule has 0 atom stereocenters. The summed E-state index contributed by atoms with van der Waals surface area (Å²) in [7, 11) is 0. The van der Waals surface area contributed by atoms with Gasteiger partial charge in [0, 0.05) is 0 Å². The molecule has 0 unspecified atom stereocenters. The molecule has 0 saturated carbocycles. The SMILES string of the molecule is CCCCCCCCCCCC.O=C([O-])[O-].[Na+].[Na+]. The normalized spacial score (nSPS) is 8.33. The van der Waals surface area contributed by atoms with Crippen LogP contribution in [0.1, 0.15) is 78.1 Å². The summed E-state index contributed by atoms with van der Waals surface area (Å²) in [6, 6.07) is 0. The third-order valence-corrected chi connectivity index (χ3v) is 2.46. The molecule has 0 saturated heterocycles. The van der Waals surface area contributed by atoms with E-state index in [1.807, 2.05) is 0 Å². The predicted octanol–water partition coefficient (Wildman–Crippen LogP) is -3.51. The van der Waals surface area contributed by atoms with Gasteiger partial charge in [-0.1, -0.05) is 78.1 Å². The molecular weight excluding hydrogens is 250 g/mol. The minimum absolute atomic E-state index is 0. The Bertz CT molecular complexity index is 130. The molecule has 3 nitrogen and oxygen atoms in total. The third kappa shape index (κ3) is 43.3. The van der Waals surface area contributed by atoms with Gasteiger partial charge < -0.3 is 15.0 Å². The maximum absolute atomic E-state index is 8.33. The Kier molecular flexibility index (Phi) is 41.0. The van der Waals surface area contributed by atoms with E-state index in [2.05, 4.69) is 13.8 Å². The van der Waals surface area contributed by atoms with E-state index in [0.29, 0.717) is 0 Å². The summed E-state index contributed by atoms with van der Waals surface area (Å²) in [5.74, 6) is 0. The van der Waals surface area contributed by atoms with Gasteiger partial charge in [-0.25, -0.2) is 0 Å². The Morgan fingerprint density at radius 2 is 0.833 bits per heavy atom. The third-order valence-electron chi connectivity index (χ3n) is 2.46. The second-order valence-electron chi connectivity index (χ2n) is 4.08. The van der Waals surface area contributed by atoms with Crippen molar-refractivity contribution in [1.82, 2.24) is 0 Å². The minimum Gasteiger partial charge on any atom is -0.652 e. The van der Waals surface area contributed by atoms with Gasteiger partial charge in [0.25, 0.3) is 0 Å². The topological polar surface area (TPSA) is 63.2 Å². The van der Waals surface area contributed by atoms with Crippen LogP contribution in [0, 0.1) is 0 Å². The fraction of sp³-hybridized carbons (Fsp3) is 0.923. The molecule has 0 amide bonds. The van der Waals surface area contributed by atoms with Crippen LogP contribution < -0.4 is 69.3 Å². The summed E-state index contributed by atoms with van der Waals surface area (Å²) in [6.45, 7) is 4.56. The summed E-state index contributed by atoms with van der Waals surface area (Å²) in [4.78, 5) is 8.33. The van der Waals surface area contributed by atoms with Crippen molar-refractivity contribution in [2.75, 3.05) is 0 Å². The van der Waals surface area contributed by atoms with Gasteiger partial charge in [0.05, 0.1) is 0 Å². The summed E-state index contributed by atoms with van der Waals surface area (Å²) >= 11 is 0. The first-order valence-electron chi connectivity index (χ1n) is 6.53. The van der Waals surface area contributed by atoms with Gasteiger partial charge in [0.1, 0.15) is 0 Å². The van der Waals surface area contributed by atoms with Gasteiger partial charge in [0.2, 0.25) is 0 Å². The summed E-state index contributed by atoms with van der Waals surface area (Å²) in [5, 5.41) is 16.7. The molecule has 0 N–H and O–H groups in total. The summed E-state index contributed by atoms with van der Waals surface area (Å²) in [6.07, 6.45) is 12.1. The molecule has 18 heavy (non-hydrogen) atoms. The van der Waals surface area contributed by atoms with Crippen LogP contribution in [-0.4, -0.2) is 6.16 Å². The molecule has 98 valence electrons. The smallest absolute Gasteiger partial charge is 0.652 e.